The number of anilines is 1. The Balaban J connectivity index is 1.44. The third-order valence-electron chi connectivity index (χ3n) is 4.11. The van der Waals surface area contributed by atoms with Crippen molar-refractivity contribution in [2.45, 2.75) is 12.5 Å². The Labute approximate surface area is 149 Å². The first-order valence-corrected chi connectivity index (χ1v) is 8.79. The van der Waals surface area contributed by atoms with E-state index >= 15 is 0 Å². The van der Waals surface area contributed by atoms with Crippen LogP contribution in [0, 0.1) is 0 Å². The van der Waals surface area contributed by atoms with Crippen molar-refractivity contribution in [3.05, 3.63) is 30.6 Å². The number of benzene rings is 1. The fourth-order valence-corrected chi connectivity index (χ4v) is 3.76. The molecule has 0 radical (unpaired) electrons. The molecular formula is C17H18N4O3S. The number of hydrogen-bond acceptors (Lipinski definition) is 8. The third kappa shape index (κ3) is 3.30. The summed E-state index contributed by atoms with van der Waals surface area (Å²) < 4.78 is 17.3. The number of aromatic nitrogens is 3. The molecule has 0 spiro atoms. The highest BCUT2D eigenvalue weighted by molar-refractivity contribution is 7.22. The molecule has 2 aromatic heterocycles. The number of hydrogen-bond donors (Lipinski definition) is 0. The van der Waals surface area contributed by atoms with Gasteiger partial charge in [0.05, 0.1) is 43.4 Å². The van der Waals surface area contributed by atoms with E-state index in [0.29, 0.717) is 11.8 Å². The van der Waals surface area contributed by atoms with Crippen LogP contribution in [0.5, 0.6) is 17.5 Å². The molecule has 1 aromatic carbocycles. The van der Waals surface area contributed by atoms with E-state index in [9.17, 15) is 0 Å². The second kappa shape index (κ2) is 6.72. The molecule has 1 aliphatic rings. The predicted octanol–water partition coefficient (Wildman–Crippen LogP) is 2.76. The number of fused-ring (bicyclic) bond motifs is 1. The second-order valence-corrected chi connectivity index (χ2v) is 6.72. The molecule has 0 bridgehead atoms. The van der Waals surface area contributed by atoms with E-state index in [1.165, 1.54) is 0 Å². The van der Waals surface area contributed by atoms with Gasteiger partial charge in [-0.05, 0) is 12.1 Å². The van der Waals surface area contributed by atoms with E-state index in [1.54, 1.807) is 38.0 Å². The summed E-state index contributed by atoms with van der Waals surface area (Å²) in [6.45, 7) is 1.67. The van der Waals surface area contributed by atoms with Gasteiger partial charge in [-0.3, -0.25) is 0 Å². The molecule has 7 nitrogen and oxygen atoms in total. The Bertz CT molecular complexity index is 868. The van der Waals surface area contributed by atoms with Crippen molar-refractivity contribution < 1.29 is 14.2 Å². The average molecular weight is 358 g/mol. The van der Waals surface area contributed by atoms with Crippen LogP contribution in [0.3, 0.4) is 0 Å². The van der Waals surface area contributed by atoms with Gasteiger partial charge in [0.1, 0.15) is 11.9 Å². The number of rotatable bonds is 5. The Kier molecular flexibility index (Phi) is 4.27. The maximum Gasteiger partial charge on any atom is 0.316 e. The average Bonchev–Trinajstić information content (AvgIpc) is 3.28. The molecule has 0 N–H and O–H groups in total. The van der Waals surface area contributed by atoms with Gasteiger partial charge in [-0.15, -0.1) is 0 Å². The van der Waals surface area contributed by atoms with Crippen molar-refractivity contribution >= 4 is 26.7 Å². The quantitative estimate of drug-likeness (QED) is 0.694. The summed E-state index contributed by atoms with van der Waals surface area (Å²) in [5, 5.41) is 1.00. The van der Waals surface area contributed by atoms with Crippen LogP contribution in [0.2, 0.25) is 0 Å². The van der Waals surface area contributed by atoms with Gasteiger partial charge < -0.3 is 19.1 Å². The van der Waals surface area contributed by atoms with Crippen molar-refractivity contribution in [1.29, 1.82) is 0 Å². The van der Waals surface area contributed by atoms with E-state index in [1.807, 2.05) is 18.2 Å². The number of methoxy groups -OCH3 is 2. The summed E-state index contributed by atoms with van der Waals surface area (Å²) in [6, 6.07) is 6.35. The largest absolute Gasteiger partial charge is 0.497 e. The normalized spacial score (nSPS) is 17.0. The van der Waals surface area contributed by atoms with E-state index in [4.69, 9.17) is 19.2 Å². The monoisotopic (exact) mass is 358 g/mol. The van der Waals surface area contributed by atoms with Gasteiger partial charge in [0, 0.05) is 19.0 Å². The van der Waals surface area contributed by atoms with Gasteiger partial charge in [0.25, 0.3) is 0 Å². The van der Waals surface area contributed by atoms with Crippen molar-refractivity contribution in [3.63, 3.8) is 0 Å². The minimum Gasteiger partial charge on any atom is -0.497 e. The van der Waals surface area contributed by atoms with E-state index in [0.717, 1.165) is 40.6 Å². The van der Waals surface area contributed by atoms with Crippen molar-refractivity contribution in [2.75, 3.05) is 32.2 Å². The Morgan fingerprint density at radius 3 is 2.68 bits per heavy atom. The Morgan fingerprint density at radius 2 is 1.92 bits per heavy atom. The highest BCUT2D eigenvalue weighted by Crippen LogP contribution is 2.33. The number of thiazole rings is 1. The summed E-state index contributed by atoms with van der Waals surface area (Å²) in [5.74, 6) is 1.44. The molecule has 4 rings (SSSR count). The molecule has 1 saturated heterocycles. The first-order chi connectivity index (χ1) is 12.2. The SMILES string of the molecule is COc1cnc(OC2CCN(c3nc4cc(OC)ccc4s3)C2)nc1. The van der Waals surface area contributed by atoms with Gasteiger partial charge in [0.2, 0.25) is 0 Å². The van der Waals surface area contributed by atoms with Crippen LogP contribution in [0.1, 0.15) is 6.42 Å². The molecule has 0 amide bonds. The molecule has 3 heterocycles. The first-order valence-electron chi connectivity index (χ1n) is 7.97. The molecule has 8 heteroatoms. The first kappa shape index (κ1) is 15.9. The minimum atomic E-state index is 0.0509. The third-order valence-corrected chi connectivity index (χ3v) is 5.21. The maximum absolute atomic E-state index is 5.87. The smallest absolute Gasteiger partial charge is 0.316 e. The van der Waals surface area contributed by atoms with Gasteiger partial charge in [0.15, 0.2) is 10.9 Å². The zero-order valence-electron chi connectivity index (χ0n) is 14.0. The molecule has 1 unspecified atom stereocenters. The predicted molar refractivity (Wildman–Crippen MR) is 96.0 cm³/mol. The van der Waals surface area contributed by atoms with Gasteiger partial charge in [-0.2, -0.15) is 9.97 Å². The molecule has 0 saturated carbocycles. The molecule has 1 atom stereocenters. The highest BCUT2D eigenvalue weighted by atomic mass is 32.1. The number of ether oxygens (including phenoxy) is 3. The fraction of sp³-hybridized carbons (Fsp3) is 0.353. The second-order valence-electron chi connectivity index (χ2n) is 5.71. The Hall–Kier alpha value is -2.61. The lowest BCUT2D eigenvalue weighted by Gasteiger charge is -2.15. The highest BCUT2D eigenvalue weighted by Gasteiger charge is 2.27. The van der Waals surface area contributed by atoms with Crippen LogP contribution in [-0.4, -0.2) is 48.4 Å². The summed E-state index contributed by atoms with van der Waals surface area (Å²) in [4.78, 5) is 15.3. The summed E-state index contributed by atoms with van der Waals surface area (Å²) in [7, 11) is 3.25. The van der Waals surface area contributed by atoms with Crippen molar-refractivity contribution in [2.24, 2.45) is 0 Å². The molecule has 25 heavy (non-hydrogen) atoms. The lowest BCUT2D eigenvalue weighted by Crippen LogP contribution is -2.24. The van der Waals surface area contributed by atoms with E-state index < -0.39 is 0 Å². The lowest BCUT2D eigenvalue weighted by molar-refractivity contribution is 0.205. The van der Waals surface area contributed by atoms with Crippen LogP contribution in [0.25, 0.3) is 10.2 Å². The Morgan fingerprint density at radius 1 is 1.12 bits per heavy atom. The van der Waals surface area contributed by atoms with Gasteiger partial charge >= 0.3 is 6.01 Å². The molecular weight excluding hydrogens is 340 g/mol. The molecule has 1 aliphatic heterocycles. The van der Waals surface area contributed by atoms with Gasteiger partial charge in [-0.1, -0.05) is 11.3 Å². The van der Waals surface area contributed by atoms with Crippen molar-refractivity contribution in [3.8, 4) is 17.5 Å². The zero-order valence-corrected chi connectivity index (χ0v) is 14.8. The lowest BCUT2D eigenvalue weighted by atomic mass is 10.3. The van der Waals surface area contributed by atoms with Gasteiger partial charge in [-0.25, -0.2) is 4.98 Å². The molecule has 130 valence electrons. The molecule has 3 aromatic rings. The summed E-state index contributed by atoms with van der Waals surface area (Å²) >= 11 is 1.68. The maximum atomic E-state index is 5.87. The standard InChI is InChI=1S/C17H18N4O3S/c1-22-11-3-4-15-14(7-11)20-17(25-15)21-6-5-12(10-21)24-16-18-8-13(23-2)9-19-16/h3-4,7-9,12H,5-6,10H2,1-2H3. The van der Waals surface area contributed by atoms with Crippen LogP contribution < -0.4 is 19.1 Å². The topological polar surface area (TPSA) is 69.6 Å². The van der Waals surface area contributed by atoms with E-state index in [-0.39, 0.29) is 6.10 Å². The van der Waals surface area contributed by atoms with Crippen LogP contribution in [0.15, 0.2) is 30.6 Å². The zero-order chi connectivity index (χ0) is 17.2. The van der Waals surface area contributed by atoms with Crippen LogP contribution in [-0.2, 0) is 0 Å². The molecule has 0 aliphatic carbocycles. The summed E-state index contributed by atoms with van der Waals surface area (Å²) in [6.07, 6.45) is 4.18. The minimum absolute atomic E-state index is 0.0509. The van der Waals surface area contributed by atoms with E-state index in [2.05, 4.69) is 14.9 Å². The fourth-order valence-electron chi connectivity index (χ4n) is 2.78. The summed E-state index contributed by atoms with van der Waals surface area (Å²) in [5.41, 5.74) is 0.960. The van der Waals surface area contributed by atoms with Crippen LogP contribution >= 0.6 is 11.3 Å². The van der Waals surface area contributed by atoms with Crippen LogP contribution in [0.4, 0.5) is 5.13 Å². The van der Waals surface area contributed by atoms with Crippen molar-refractivity contribution in [1.82, 2.24) is 15.0 Å². The molecule has 1 fully saturated rings. The number of nitrogens with zero attached hydrogens (tertiary/aromatic N) is 4.